The van der Waals surface area contributed by atoms with Crippen LogP contribution < -0.4 is 9.46 Å². The molecule has 13 heteroatoms. The first-order chi connectivity index (χ1) is 15.2. The van der Waals surface area contributed by atoms with E-state index in [4.69, 9.17) is 4.74 Å². The molecule has 1 aromatic carbocycles. The summed E-state index contributed by atoms with van der Waals surface area (Å²) in [4.78, 5) is 26.4. The minimum absolute atomic E-state index is 0.0111. The van der Waals surface area contributed by atoms with Gasteiger partial charge in [-0.1, -0.05) is 18.2 Å². The van der Waals surface area contributed by atoms with E-state index in [0.29, 0.717) is 5.75 Å². The van der Waals surface area contributed by atoms with Crippen molar-refractivity contribution in [2.75, 3.05) is 27.7 Å². The maximum Gasteiger partial charge on any atom is 0.491 e. The number of esters is 2. The van der Waals surface area contributed by atoms with E-state index in [0.717, 1.165) is 6.20 Å². The van der Waals surface area contributed by atoms with Crippen molar-refractivity contribution in [3.8, 4) is 11.6 Å². The highest BCUT2D eigenvalue weighted by Gasteiger charge is 2.43. The molecule has 0 saturated carbocycles. The maximum absolute atomic E-state index is 12.8. The molecular weight excluding hydrogens is 467 g/mol. The number of aromatic nitrogens is 1. The number of nitrogens with one attached hydrogen (secondary N) is 1. The van der Waals surface area contributed by atoms with Crippen LogP contribution in [0.5, 0.6) is 11.6 Å². The van der Waals surface area contributed by atoms with E-state index in [1.807, 2.05) is 0 Å². The third kappa shape index (κ3) is 8.79. The summed E-state index contributed by atoms with van der Waals surface area (Å²) in [6, 6.07) is 10.1. The van der Waals surface area contributed by atoms with Crippen molar-refractivity contribution in [3.63, 3.8) is 0 Å². The fourth-order valence-corrected chi connectivity index (χ4v) is 3.86. The molecule has 0 aliphatic rings. The Kier molecular flexibility index (Phi) is 8.16. The van der Waals surface area contributed by atoms with Gasteiger partial charge in [-0.15, -0.1) is 0 Å². The van der Waals surface area contributed by atoms with Crippen LogP contribution in [0.1, 0.15) is 6.42 Å². The van der Waals surface area contributed by atoms with Crippen molar-refractivity contribution >= 4 is 22.0 Å². The number of rotatable bonds is 9. The van der Waals surface area contributed by atoms with Gasteiger partial charge in [0.1, 0.15) is 10.6 Å². The van der Waals surface area contributed by atoms with E-state index >= 15 is 0 Å². The summed E-state index contributed by atoms with van der Waals surface area (Å²) in [5, 5.41) is 0. The van der Waals surface area contributed by atoms with Crippen LogP contribution in [0.25, 0.3) is 0 Å². The minimum atomic E-state index is -5.35. The van der Waals surface area contributed by atoms with Gasteiger partial charge in [0.2, 0.25) is 15.9 Å². The Morgan fingerprint density at radius 2 is 1.73 bits per heavy atom. The molecule has 1 heterocycles. The summed E-state index contributed by atoms with van der Waals surface area (Å²) in [6.07, 6.45) is -5.10. The standard InChI is InChI=1S/C20H23F3N3O6S/c1-26(2,3)13-14(11-18(27)32-19(28)20(21,22)23)25-33(29,30)16-9-10-17(24-12-16)31-15-7-5-4-6-8-15/h4-10,12,14,25H,11,13H2,1-3H3/q+1/t14-/m1/s1. The zero-order valence-electron chi connectivity index (χ0n) is 18.0. The number of quaternary nitrogens is 1. The number of hydrogen-bond acceptors (Lipinski definition) is 7. The Balaban J connectivity index is 2.13. The molecule has 180 valence electrons. The number of pyridine rings is 1. The Morgan fingerprint density at radius 1 is 1.09 bits per heavy atom. The molecule has 33 heavy (non-hydrogen) atoms. The highest BCUT2D eigenvalue weighted by molar-refractivity contribution is 7.89. The summed E-state index contributed by atoms with van der Waals surface area (Å²) in [5.41, 5.74) is 0. The first-order valence-corrected chi connectivity index (χ1v) is 11.0. The van der Waals surface area contributed by atoms with Crippen molar-refractivity contribution in [1.29, 1.82) is 0 Å². The van der Waals surface area contributed by atoms with Gasteiger partial charge in [-0.25, -0.2) is 22.9 Å². The lowest BCUT2D eigenvalue weighted by Crippen LogP contribution is -2.50. The number of carbonyl (C=O) groups is 2. The highest BCUT2D eigenvalue weighted by Crippen LogP contribution is 2.21. The molecule has 1 atom stereocenters. The summed E-state index contributed by atoms with van der Waals surface area (Å²) in [5.74, 6) is -3.55. The summed E-state index contributed by atoms with van der Waals surface area (Å²) in [6.45, 7) is 0.0111. The number of likely N-dealkylation sites (N-methyl/N-ethyl adjacent to an activating group) is 1. The predicted octanol–water partition coefficient (Wildman–Crippen LogP) is 2.25. The normalized spacial score (nSPS) is 13.3. The fourth-order valence-electron chi connectivity index (χ4n) is 2.69. The molecular formula is C20H23F3N3O6S+. The fraction of sp³-hybridized carbons (Fsp3) is 0.350. The smallest absolute Gasteiger partial charge is 0.439 e. The van der Waals surface area contributed by atoms with Gasteiger partial charge in [-0.05, 0) is 18.2 Å². The maximum atomic E-state index is 12.8. The van der Waals surface area contributed by atoms with Crippen LogP contribution in [-0.2, 0) is 24.3 Å². The lowest BCUT2D eigenvalue weighted by molar-refractivity contribution is -0.871. The molecule has 0 aliphatic heterocycles. The zero-order chi connectivity index (χ0) is 24.9. The average molecular weight is 490 g/mol. The summed E-state index contributed by atoms with van der Waals surface area (Å²) >= 11 is 0. The number of alkyl halides is 3. The number of sulfonamides is 1. The van der Waals surface area contributed by atoms with E-state index in [1.54, 1.807) is 51.5 Å². The third-order valence-electron chi connectivity index (χ3n) is 3.93. The third-order valence-corrected chi connectivity index (χ3v) is 5.43. The molecule has 0 saturated heterocycles. The Hall–Kier alpha value is -3.03. The lowest BCUT2D eigenvalue weighted by atomic mass is 10.2. The van der Waals surface area contributed by atoms with Crippen LogP contribution in [0.3, 0.4) is 0 Å². The topological polar surface area (TPSA) is 112 Å². The predicted molar refractivity (Wildman–Crippen MR) is 110 cm³/mol. The van der Waals surface area contributed by atoms with E-state index in [2.05, 4.69) is 14.4 Å². The number of para-hydroxylation sites is 1. The summed E-state index contributed by atoms with van der Waals surface area (Å²) < 4.78 is 74.2. The number of nitrogens with zero attached hydrogens (tertiary/aromatic N) is 2. The lowest BCUT2D eigenvalue weighted by Gasteiger charge is -2.29. The minimum Gasteiger partial charge on any atom is -0.439 e. The van der Waals surface area contributed by atoms with Gasteiger partial charge in [-0.2, -0.15) is 13.2 Å². The number of carbonyl (C=O) groups excluding carboxylic acids is 2. The van der Waals surface area contributed by atoms with Gasteiger partial charge in [-0.3, -0.25) is 4.79 Å². The van der Waals surface area contributed by atoms with Crippen molar-refractivity contribution in [3.05, 3.63) is 48.7 Å². The molecule has 0 unspecified atom stereocenters. The number of benzene rings is 1. The molecule has 0 aliphatic carbocycles. The van der Waals surface area contributed by atoms with Gasteiger partial charge in [0, 0.05) is 6.07 Å². The van der Waals surface area contributed by atoms with Gasteiger partial charge < -0.3 is 14.0 Å². The van der Waals surface area contributed by atoms with Crippen LogP contribution in [0.15, 0.2) is 53.6 Å². The van der Waals surface area contributed by atoms with Crippen molar-refractivity contribution in [2.24, 2.45) is 0 Å². The monoisotopic (exact) mass is 490 g/mol. The second kappa shape index (κ2) is 10.3. The summed E-state index contributed by atoms with van der Waals surface area (Å²) in [7, 11) is 0.839. The van der Waals surface area contributed by atoms with Crippen molar-refractivity contribution in [1.82, 2.24) is 9.71 Å². The number of hydrogen-bond donors (Lipinski definition) is 1. The van der Waals surface area contributed by atoms with Gasteiger partial charge in [0.25, 0.3) is 0 Å². The molecule has 0 fully saturated rings. The molecule has 2 rings (SSSR count). The zero-order valence-corrected chi connectivity index (χ0v) is 18.8. The van der Waals surface area contributed by atoms with E-state index in [1.165, 1.54) is 12.1 Å². The highest BCUT2D eigenvalue weighted by atomic mass is 32.2. The second-order valence-corrected chi connectivity index (χ2v) is 9.72. The van der Waals surface area contributed by atoms with E-state index < -0.39 is 40.6 Å². The van der Waals surface area contributed by atoms with Gasteiger partial charge in [0.05, 0.1) is 46.3 Å². The van der Waals surface area contributed by atoms with Crippen LogP contribution in [0.2, 0.25) is 0 Å². The average Bonchev–Trinajstić information content (AvgIpc) is 2.66. The Labute approximate surface area is 188 Å². The first-order valence-electron chi connectivity index (χ1n) is 9.49. The largest absolute Gasteiger partial charge is 0.491 e. The van der Waals surface area contributed by atoms with Crippen LogP contribution in [0.4, 0.5) is 13.2 Å². The molecule has 9 nitrogen and oxygen atoms in total. The molecule has 2 aromatic rings. The van der Waals surface area contributed by atoms with E-state index in [-0.39, 0.29) is 21.8 Å². The molecule has 0 radical (unpaired) electrons. The second-order valence-electron chi connectivity index (χ2n) is 8.00. The molecule has 0 amide bonds. The number of halogens is 3. The molecule has 0 bridgehead atoms. The quantitative estimate of drug-likeness (QED) is 0.326. The molecule has 1 N–H and O–H groups in total. The molecule has 1 aromatic heterocycles. The van der Waals surface area contributed by atoms with Crippen LogP contribution in [0, 0.1) is 0 Å². The van der Waals surface area contributed by atoms with Gasteiger partial charge >= 0.3 is 18.1 Å². The van der Waals surface area contributed by atoms with Crippen molar-refractivity contribution in [2.45, 2.75) is 23.5 Å². The van der Waals surface area contributed by atoms with Gasteiger partial charge in [0.15, 0.2) is 0 Å². The Bertz CT molecular complexity index is 1070. The van der Waals surface area contributed by atoms with Crippen molar-refractivity contribution < 1.29 is 45.1 Å². The first kappa shape index (κ1) is 26.2. The number of ether oxygens (including phenoxy) is 2. The molecule has 0 spiro atoms. The Morgan fingerprint density at radius 3 is 2.24 bits per heavy atom. The van der Waals surface area contributed by atoms with Crippen LogP contribution >= 0.6 is 0 Å². The van der Waals surface area contributed by atoms with Crippen LogP contribution in [-0.4, -0.2) is 69.7 Å². The SMILES string of the molecule is C[N+](C)(C)C[C@@H](CC(=O)OC(=O)C(F)(F)F)NS(=O)(=O)c1ccc(Oc2ccccc2)nc1. The van der Waals surface area contributed by atoms with E-state index in [9.17, 15) is 31.2 Å².